The minimum atomic E-state index is -0.752. The lowest BCUT2D eigenvalue weighted by molar-refractivity contribution is -0.139. The molecule has 0 aromatic carbocycles. The first-order chi connectivity index (χ1) is 8.04. The van der Waals surface area contributed by atoms with E-state index in [-0.39, 0.29) is 0 Å². The van der Waals surface area contributed by atoms with Gasteiger partial charge in [0.25, 0.3) is 0 Å². The molecule has 0 aromatic heterocycles. The lowest BCUT2D eigenvalue weighted by atomic mass is 9.86. The minimum absolute atomic E-state index is 0.418. The largest absolute Gasteiger partial charge is 0.480 e. The van der Waals surface area contributed by atoms with Gasteiger partial charge in [-0.05, 0) is 39.3 Å². The van der Waals surface area contributed by atoms with Gasteiger partial charge in [-0.1, -0.05) is 19.8 Å². The Kier molecular flexibility index (Phi) is 5.92. The zero-order valence-corrected chi connectivity index (χ0v) is 11.3. The molecule has 0 aliphatic heterocycles. The molecule has 3 unspecified atom stereocenters. The van der Waals surface area contributed by atoms with Crippen LogP contribution in [0.5, 0.6) is 0 Å². The maximum atomic E-state index is 10.9. The van der Waals surface area contributed by atoms with Crippen molar-refractivity contribution in [3.8, 4) is 0 Å². The highest BCUT2D eigenvalue weighted by Crippen LogP contribution is 2.26. The van der Waals surface area contributed by atoms with Gasteiger partial charge in [0, 0.05) is 12.6 Å². The molecule has 0 bridgehead atoms. The Morgan fingerprint density at radius 3 is 2.76 bits per heavy atom. The van der Waals surface area contributed by atoms with Gasteiger partial charge in [0.15, 0.2) is 0 Å². The predicted octanol–water partition coefficient (Wildman–Crippen LogP) is 1.56. The van der Waals surface area contributed by atoms with E-state index in [1.54, 1.807) is 7.05 Å². The Morgan fingerprint density at radius 1 is 1.53 bits per heavy atom. The first-order valence-corrected chi connectivity index (χ1v) is 6.65. The molecule has 0 aromatic rings. The summed E-state index contributed by atoms with van der Waals surface area (Å²) < 4.78 is 0. The molecule has 2 N–H and O–H groups in total. The van der Waals surface area contributed by atoms with E-state index in [9.17, 15) is 4.79 Å². The highest BCUT2D eigenvalue weighted by Gasteiger charge is 2.23. The van der Waals surface area contributed by atoms with E-state index in [0.29, 0.717) is 12.5 Å². The van der Waals surface area contributed by atoms with Crippen molar-refractivity contribution in [2.45, 2.75) is 51.1 Å². The van der Waals surface area contributed by atoms with Crippen molar-refractivity contribution >= 4 is 5.97 Å². The molecule has 0 radical (unpaired) electrons. The SMILES string of the molecule is CNC(CCN(C)C1CCCC(C)C1)C(=O)O. The molecule has 0 amide bonds. The predicted molar refractivity (Wildman–Crippen MR) is 69.2 cm³/mol. The molecule has 4 heteroatoms. The van der Waals surface area contributed by atoms with Crippen LogP contribution in [-0.4, -0.2) is 48.7 Å². The fourth-order valence-corrected chi connectivity index (χ4v) is 2.71. The molecule has 1 rings (SSSR count). The van der Waals surface area contributed by atoms with Gasteiger partial charge in [-0.15, -0.1) is 0 Å². The van der Waals surface area contributed by atoms with Crippen LogP contribution in [0.2, 0.25) is 0 Å². The van der Waals surface area contributed by atoms with Crippen LogP contribution >= 0.6 is 0 Å². The van der Waals surface area contributed by atoms with E-state index in [4.69, 9.17) is 5.11 Å². The molecule has 4 nitrogen and oxygen atoms in total. The van der Waals surface area contributed by atoms with Gasteiger partial charge in [0.05, 0.1) is 0 Å². The van der Waals surface area contributed by atoms with Crippen LogP contribution in [0.1, 0.15) is 39.0 Å². The van der Waals surface area contributed by atoms with E-state index in [0.717, 1.165) is 12.5 Å². The van der Waals surface area contributed by atoms with Gasteiger partial charge in [0.1, 0.15) is 6.04 Å². The number of carbonyl (C=O) groups is 1. The van der Waals surface area contributed by atoms with Crippen LogP contribution in [0.25, 0.3) is 0 Å². The monoisotopic (exact) mass is 242 g/mol. The molecule has 0 heterocycles. The Labute approximate surface area is 104 Å². The summed E-state index contributed by atoms with van der Waals surface area (Å²) in [5, 5.41) is 11.8. The second kappa shape index (κ2) is 6.97. The van der Waals surface area contributed by atoms with Crippen molar-refractivity contribution in [1.29, 1.82) is 0 Å². The molecule has 0 saturated heterocycles. The van der Waals surface area contributed by atoms with Crippen LogP contribution in [0.4, 0.5) is 0 Å². The molecule has 3 atom stereocenters. The fraction of sp³-hybridized carbons (Fsp3) is 0.923. The number of hydrogen-bond acceptors (Lipinski definition) is 3. The molecular weight excluding hydrogens is 216 g/mol. The van der Waals surface area contributed by atoms with Crippen LogP contribution in [0.15, 0.2) is 0 Å². The Hall–Kier alpha value is -0.610. The van der Waals surface area contributed by atoms with Crippen molar-refractivity contribution in [1.82, 2.24) is 10.2 Å². The Bertz CT molecular complexity index is 246. The van der Waals surface area contributed by atoms with Gasteiger partial charge < -0.3 is 15.3 Å². The summed E-state index contributed by atoms with van der Waals surface area (Å²) in [5.74, 6) is 0.0636. The van der Waals surface area contributed by atoms with E-state index < -0.39 is 12.0 Å². The molecule has 1 fully saturated rings. The number of rotatable bonds is 6. The average Bonchev–Trinajstić information content (AvgIpc) is 2.29. The smallest absolute Gasteiger partial charge is 0.320 e. The van der Waals surface area contributed by atoms with Gasteiger partial charge in [-0.25, -0.2) is 0 Å². The van der Waals surface area contributed by atoms with Crippen LogP contribution < -0.4 is 5.32 Å². The zero-order valence-electron chi connectivity index (χ0n) is 11.3. The van der Waals surface area contributed by atoms with Crippen LogP contribution in [0.3, 0.4) is 0 Å². The fourth-order valence-electron chi connectivity index (χ4n) is 2.71. The summed E-state index contributed by atoms with van der Waals surface area (Å²) in [6.45, 7) is 3.17. The topological polar surface area (TPSA) is 52.6 Å². The van der Waals surface area contributed by atoms with Gasteiger partial charge in [-0.2, -0.15) is 0 Å². The van der Waals surface area contributed by atoms with E-state index in [1.165, 1.54) is 25.7 Å². The van der Waals surface area contributed by atoms with Crippen molar-refractivity contribution in [3.63, 3.8) is 0 Å². The number of aliphatic carboxylic acids is 1. The lowest BCUT2D eigenvalue weighted by Gasteiger charge is -2.34. The summed E-state index contributed by atoms with van der Waals surface area (Å²) in [5.41, 5.74) is 0. The van der Waals surface area contributed by atoms with E-state index in [1.807, 2.05) is 0 Å². The number of hydrogen-bond donors (Lipinski definition) is 2. The van der Waals surface area contributed by atoms with E-state index in [2.05, 4.69) is 24.2 Å². The minimum Gasteiger partial charge on any atom is -0.480 e. The quantitative estimate of drug-likeness (QED) is 0.742. The summed E-state index contributed by atoms with van der Waals surface area (Å²) >= 11 is 0. The molecular formula is C13H26N2O2. The maximum absolute atomic E-state index is 10.9. The van der Waals surface area contributed by atoms with Gasteiger partial charge in [-0.3, -0.25) is 4.79 Å². The summed E-state index contributed by atoms with van der Waals surface area (Å²) in [6, 6.07) is 0.225. The van der Waals surface area contributed by atoms with Crippen LogP contribution in [-0.2, 0) is 4.79 Å². The highest BCUT2D eigenvalue weighted by atomic mass is 16.4. The van der Waals surface area contributed by atoms with Gasteiger partial charge in [0.2, 0.25) is 0 Å². The highest BCUT2D eigenvalue weighted by molar-refractivity contribution is 5.73. The number of nitrogens with one attached hydrogen (secondary N) is 1. The summed E-state index contributed by atoms with van der Waals surface area (Å²) in [4.78, 5) is 13.2. The Balaban J connectivity index is 2.32. The normalized spacial score (nSPS) is 27.1. The maximum Gasteiger partial charge on any atom is 0.320 e. The number of carboxylic acid groups (broad SMARTS) is 1. The second-order valence-electron chi connectivity index (χ2n) is 5.37. The standard InChI is InChI=1S/C13H26N2O2/c1-10-5-4-6-11(9-10)15(3)8-7-12(14-2)13(16)17/h10-12,14H,4-9H2,1-3H3,(H,16,17). The Morgan fingerprint density at radius 2 is 2.24 bits per heavy atom. The second-order valence-corrected chi connectivity index (χ2v) is 5.37. The number of likely N-dealkylation sites (N-methyl/N-ethyl adjacent to an activating group) is 1. The third-order valence-electron chi connectivity index (χ3n) is 3.95. The van der Waals surface area contributed by atoms with Crippen molar-refractivity contribution in [2.75, 3.05) is 20.6 Å². The van der Waals surface area contributed by atoms with Crippen LogP contribution in [0, 0.1) is 5.92 Å². The molecule has 100 valence electrons. The third kappa shape index (κ3) is 4.64. The third-order valence-corrected chi connectivity index (χ3v) is 3.95. The van der Waals surface area contributed by atoms with Crippen molar-refractivity contribution < 1.29 is 9.90 Å². The number of carboxylic acids is 1. The van der Waals surface area contributed by atoms with E-state index >= 15 is 0 Å². The molecule has 17 heavy (non-hydrogen) atoms. The van der Waals surface area contributed by atoms with Crippen molar-refractivity contribution in [2.24, 2.45) is 5.92 Å². The average molecular weight is 242 g/mol. The first kappa shape index (κ1) is 14.5. The molecule has 1 aliphatic rings. The molecule has 1 aliphatic carbocycles. The first-order valence-electron chi connectivity index (χ1n) is 6.65. The molecule has 1 saturated carbocycles. The van der Waals surface area contributed by atoms with Gasteiger partial charge >= 0.3 is 5.97 Å². The lowest BCUT2D eigenvalue weighted by Crippen LogP contribution is -2.41. The zero-order chi connectivity index (χ0) is 12.8. The number of nitrogens with zero attached hydrogens (tertiary/aromatic N) is 1. The molecule has 0 spiro atoms. The summed E-state index contributed by atoms with van der Waals surface area (Å²) in [7, 11) is 3.83. The summed E-state index contributed by atoms with van der Waals surface area (Å²) in [6.07, 6.45) is 5.85. The van der Waals surface area contributed by atoms with Crippen molar-refractivity contribution in [3.05, 3.63) is 0 Å².